The van der Waals surface area contributed by atoms with Crippen molar-refractivity contribution in [1.29, 1.82) is 0 Å². The summed E-state index contributed by atoms with van der Waals surface area (Å²) in [5.41, 5.74) is 2.18. The van der Waals surface area contributed by atoms with E-state index < -0.39 is 4.92 Å². The van der Waals surface area contributed by atoms with Gasteiger partial charge in [-0.3, -0.25) is 24.3 Å². The monoisotopic (exact) mass is 421 g/mol. The van der Waals surface area contributed by atoms with Gasteiger partial charge in [-0.1, -0.05) is 35.6 Å². The summed E-state index contributed by atoms with van der Waals surface area (Å²) >= 11 is 1.20. The number of non-ortho nitro benzene ring substituents is 1. The minimum Gasteiger partial charge on any atom is -0.333 e. The third-order valence-electron chi connectivity index (χ3n) is 5.24. The number of aromatic nitrogens is 1. The second kappa shape index (κ2) is 6.63. The molecule has 3 aromatic rings. The average molecular weight is 421 g/mol. The van der Waals surface area contributed by atoms with Crippen LogP contribution >= 0.6 is 11.3 Å². The Bertz CT molecular complexity index is 1410. The van der Waals surface area contributed by atoms with Crippen LogP contribution in [0.1, 0.15) is 5.56 Å². The number of hydrogen-bond acceptors (Lipinski definition) is 7. The highest BCUT2D eigenvalue weighted by Crippen LogP contribution is 2.33. The lowest BCUT2D eigenvalue weighted by atomic mass is 10.1. The van der Waals surface area contributed by atoms with Crippen molar-refractivity contribution in [1.82, 2.24) is 4.57 Å². The van der Waals surface area contributed by atoms with Gasteiger partial charge in [0.25, 0.3) is 17.2 Å². The predicted molar refractivity (Wildman–Crippen MR) is 112 cm³/mol. The number of fused-ring (bicyclic) bond motifs is 2. The Balaban J connectivity index is 1.62. The zero-order valence-electron chi connectivity index (χ0n) is 15.8. The van der Waals surface area contributed by atoms with E-state index in [4.69, 9.17) is 0 Å². The van der Waals surface area contributed by atoms with Crippen molar-refractivity contribution in [3.05, 3.63) is 83.9 Å². The summed E-state index contributed by atoms with van der Waals surface area (Å²) in [6.45, 7) is 0.467. The van der Waals surface area contributed by atoms with Gasteiger partial charge in [-0.25, -0.2) is 4.99 Å². The summed E-state index contributed by atoms with van der Waals surface area (Å²) in [6.07, 6.45) is 0. The molecule has 0 fully saturated rings. The molecule has 1 amide bonds. The summed E-state index contributed by atoms with van der Waals surface area (Å²) in [4.78, 5) is 45.0. The maximum absolute atomic E-state index is 13.2. The van der Waals surface area contributed by atoms with Gasteiger partial charge >= 0.3 is 0 Å². The molecule has 2 aliphatic heterocycles. The highest BCUT2D eigenvalue weighted by molar-refractivity contribution is 7.07. The summed E-state index contributed by atoms with van der Waals surface area (Å²) in [6, 6.07) is 13.6. The number of rotatable bonds is 2. The van der Waals surface area contributed by atoms with Crippen LogP contribution in [0.2, 0.25) is 0 Å². The summed E-state index contributed by atoms with van der Waals surface area (Å²) < 4.78 is 1.86. The van der Waals surface area contributed by atoms with Crippen molar-refractivity contribution >= 4 is 39.9 Å². The number of carbonyl (C=O) groups excluding carboxylic acids is 1. The predicted octanol–water partition coefficient (Wildman–Crippen LogP) is 1.05. The molecule has 0 aliphatic carbocycles. The lowest BCUT2D eigenvalue weighted by Gasteiger charge is -2.25. The van der Waals surface area contributed by atoms with Crippen LogP contribution in [-0.4, -0.2) is 29.1 Å². The second-order valence-corrected chi connectivity index (χ2v) is 7.94. The number of anilines is 2. The van der Waals surface area contributed by atoms with Gasteiger partial charge in [-0.2, -0.15) is 0 Å². The second-order valence-electron chi connectivity index (χ2n) is 6.96. The number of nitro benzene ring substituents is 1. The Morgan fingerprint density at radius 3 is 2.73 bits per heavy atom. The number of amides is 1. The quantitative estimate of drug-likeness (QED) is 0.455. The van der Waals surface area contributed by atoms with E-state index in [1.54, 1.807) is 29.0 Å². The van der Waals surface area contributed by atoms with E-state index in [1.165, 1.54) is 28.0 Å². The molecule has 10 heteroatoms. The van der Waals surface area contributed by atoms with Gasteiger partial charge in [0.15, 0.2) is 4.80 Å². The molecule has 0 saturated carbocycles. The van der Waals surface area contributed by atoms with Crippen molar-refractivity contribution < 1.29 is 9.72 Å². The number of nitro groups is 1. The van der Waals surface area contributed by atoms with E-state index in [-0.39, 0.29) is 30.5 Å². The van der Waals surface area contributed by atoms with Crippen molar-refractivity contribution in [2.45, 2.75) is 6.67 Å². The van der Waals surface area contributed by atoms with E-state index in [2.05, 4.69) is 4.99 Å². The van der Waals surface area contributed by atoms with Crippen molar-refractivity contribution in [2.24, 2.45) is 4.99 Å². The molecule has 0 N–H and O–H groups in total. The molecule has 0 unspecified atom stereocenters. The van der Waals surface area contributed by atoms with Crippen molar-refractivity contribution in [3.63, 3.8) is 0 Å². The van der Waals surface area contributed by atoms with Gasteiger partial charge in [-0.05, 0) is 12.1 Å². The van der Waals surface area contributed by atoms with Gasteiger partial charge in [-0.15, -0.1) is 0 Å². The standard InChI is InChI=1S/C20H15N5O4S/c1-22-15-8-3-2-7-14(15)16(18(22)26)17-19(27)24-11-23(10-21-20(24)30-17)12-5-4-6-13(9-12)25(28)29/h2-9H,10-11H2,1H3. The molecule has 0 atom stereocenters. The summed E-state index contributed by atoms with van der Waals surface area (Å²) in [7, 11) is 1.69. The first kappa shape index (κ1) is 18.3. The van der Waals surface area contributed by atoms with Crippen LogP contribution < -0.4 is 24.7 Å². The first-order valence-electron chi connectivity index (χ1n) is 9.11. The molecular weight excluding hydrogens is 406 g/mol. The molecule has 0 bridgehead atoms. The lowest BCUT2D eigenvalue weighted by Crippen LogP contribution is -2.43. The normalized spacial score (nSPS) is 16.9. The Labute approximate surface area is 173 Å². The smallest absolute Gasteiger partial charge is 0.272 e. The van der Waals surface area contributed by atoms with Crippen molar-refractivity contribution in [2.75, 3.05) is 23.5 Å². The van der Waals surface area contributed by atoms with Crippen molar-refractivity contribution in [3.8, 4) is 0 Å². The van der Waals surface area contributed by atoms with Gasteiger partial charge in [0, 0.05) is 30.4 Å². The third kappa shape index (κ3) is 2.65. The van der Waals surface area contributed by atoms with E-state index in [9.17, 15) is 19.7 Å². The first-order chi connectivity index (χ1) is 14.5. The Hall–Kier alpha value is -3.79. The first-order valence-corrected chi connectivity index (χ1v) is 9.92. The van der Waals surface area contributed by atoms with E-state index in [1.807, 2.05) is 24.3 Å². The molecule has 3 heterocycles. The minimum absolute atomic E-state index is 0.0246. The fraction of sp³-hybridized carbons (Fsp3) is 0.150. The number of hydrogen-bond donors (Lipinski definition) is 0. The van der Waals surface area contributed by atoms with E-state index in [0.717, 1.165) is 11.3 Å². The molecular formula is C20H15N5O4S. The highest BCUT2D eigenvalue weighted by atomic mass is 32.1. The fourth-order valence-electron chi connectivity index (χ4n) is 3.72. The van der Waals surface area contributed by atoms with E-state index >= 15 is 0 Å². The van der Waals surface area contributed by atoms with Gasteiger partial charge < -0.3 is 9.80 Å². The average Bonchev–Trinajstić information content (AvgIpc) is 3.21. The number of benzene rings is 2. The van der Waals surface area contributed by atoms with E-state index in [0.29, 0.717) is 20.6 Å². The minimum atomic E-state index is -0.457. The molecule has 150 valence electrons. The highest BCUT2D eigenvalue weighted by Gasteiger charge is 2.32. The molecule has 2 aromatic carbocycles. The maximum Gasteiger partial charge on any atom is 0.272 e. The Morgan fingerprint density at radius 2 is 1.93 bits per heavy atom. The number of nitrogens with zero attached hydrogens (tertiary/aromatic N) is 5. The van der Waals surface area contributed by atoms with Gasteiger partial charge in [0.2, 0.25) is 0 Å². The van der Waals surface area contributed by atoms with Crippen LogP contribution in [0.25, 0.3) is 5.57 Å². The number of likely N-dealkylation sites (N-methyl/N-ethyl adjacent to an activating group) is 1. The van der Waals surface area contributed by atoms with Gasteiger partial charge in [0.05, 0.1) is 16.2 Å². The number of thiazole rings is 1. The Kier molecular flexibility index (Phi) is 4.03. The number of carbonyl (C=O) groups is 1. The lowest BCUT2D eigenvalue weighted by molar-refractivity contribution is -0.384. The van der Waals surface area contributed by atoms with Gasteiger partial charge in [0.1, 0.15) is 17.9 Å². The summed E-state index contributed by atoms with van der Waals surface area (Å²) in [5, 5.41) is 11.1. The molecule has 2 aliphatic rings. The fourth-order valence-corrected chi connectivity index (χ4v) is 4.77. The largest absolute Gasteiger partial charge is 0.333 e. The third-order valence-corrected chi connectivity index (χ3v) is 6.35. The van der Waals surface area contributed by atoms with Crippen LogP contribution in [0.3, 0.4) is 0 Å². The van der Waals surface area contributed by atoms with Crippen LogP contribution in [0.5, 0.6) is 0 Å². The molecule has 0 spiro atoms. The molecule has 0 radical (unpaired) electrons. The Morgan fingerprint density at radius 1 is 1.13 bits per heavy atom. The van der Waals surface area contributed by atoms with Crippen LogP contribution in [0, 0.1) is 10.1 Å². The molecule has 0 saturated heterocycles. The SMILES string of the molecule is CN1C(=O)C(=c2sc3n(c2=O)CN(c2cccc([N+](=O)[O-])c2)CN=3)c2ccccc21. The molecule has 5 rings (SSSR count). The van der Waals surface area contributed by atoms with Crippen LogP contribution in [-0.2, 0) is 11.5 Å². The zero-order chi connectivity index (χ0) is 21.0. The maximum atomic E-state index is 13.2. The summed E-state index contributed by atoms with van der Waals surface area (Å²) in [5.74, 6) is -0.219. The molecule has 1 aromatic heterocycles. The van der Waals surface area contributed by atoms with Crippen LogP contribution in [0.4, 0.5) is 17.1 Å². The molecule has 30 heavy (non-hydrogen) atoms. The number of para-hydroxylation sites is 1. The van der Waals surface area contributed by atoms with Crippen LogP contribution in [0.15, 0.2) is 58.3 Å². The zero-order valence-corrected chi connectivity index (χ0v) is 16.6. The topological polar surface area (TPSA) is 101 Å². The molecule has 9 nitrogen and oxygen atoms in total.